The highest BCUT2D eigenvalue weighted by Crippen LogP contribution is 2.19. The molecule has 0 aromatic heterocycles. The zero-order valence-corrected chi connectivity index (χ0v) is 19.1. The SMILES string of the molecule is Cc1ccc(S(=O)(=O)Nc2ccc(NC(=O)CCCNC(=O)c3ccc(F)cc3F)cc2)cc1. The summed E-state index contributed by atoms with van der Waals surface area (Å²) in [6.07, 6.45) is 0.392. The van der Waals surface area contributed by atoms with E-state index in [4.69, 9.17) is 0 Å². The number of hydrogen-bond acceptors (Lipinski definition) is 4. The lowest BCUT2D eigenvalue weighted by atomic mass is 10.2. The number of anilines is 2. The van der Waals surface area contributed by atoms with Gasteiger partial charge >= 0.3 is 0 Å². The minimum absolute atomic E-state index is 0.0913. The van der Waals surface area contributed by atoms with E-state index >= 15 is 0 Å². The van der Waals surface area contributed by atoms with E-state index in [2.05, 4.69) is 15.4 Å². The molecule has 0 radical (unpaired) electrons. The maximum atomic E-state index is 13.6. The van der Waals surface area contributed by atoms with Gasteiger partial charge in [-0.3, -0.25) is 14.3 Å². The second-order valence-electron chi connectivity index (χ2n) is 7.53. The van der Waals surface area contributed by atoms with Gasteiger partial charge in [0.1, 0.15) is 11.6 Å². The lowest BCUT2D eigenvalue weighted by molar-refractivity contribution is -0.116. The van der Waals surface area contributed by atoms with Crippen molar-refractivity contribution in [3.8, 4) is 0 Å². The topological polar surface area (TPSA) is 104 Å². The summed E-state index contributed by atoms with van der Waals surface area (Å²) in [5.74, 6) is -2.74. The average Bonchev–Trinajstić information content (AvgIpc) is 2.78. The third-order valence-electron chi connectivity index (χ3n) is 4.79. The van der Waals surface area contributed by atoms with Crippen molar-refractivity contribution >= 4 is 33.2 Å². The molecule has 0 aliphatic rings. The Morgan fingerprint density at radius 1 is 0.882 bits per heavy atom. The van der Waals surface area contributed by atoms with E-state index in [0.29, 0.717) is 23.9 Å². The normalized spacial score (nSPS) is 11.0. The van der Waals surface area contributed by atoms with Crippen molar-refractivity contribution in [1.29, 1.82) is 0 Å². The first-order valence-electron chi connectivity index (χ1n) is 10.4. The van der Waals surface area contributed by atoms with Crippen LogP contribution in [-0.4, -0.2) is 26.8 Å². The zero-order chi connectivity index (χ0) is 24.7. The quantitative estimate of drug-likeness (QED) is 0.393. The summed E-state index contributed by atoms with van der Waals surface area (Å²) in [6, 6.07) is 15.3. The molecule has 3 aromatic carbocycles. The Bertz CT molecular complexity index is 1280. The molecule has 0 bridgehead atoms. The van der Waals surface area contributed by atoms with Gasteiger partial charge in [-0.1, -0.05) is 17.7 Å². The zero-order valence-electron chi connectivity index (χ0n) is 18.3. The van der Waals surface area contributed by atoms with Crippen molar-refractivity contribution in [1.82, 2.24) is 5.32 Å². The van der Waals surface area contributed by atoms with E-state index in [0.717, 1.165) is 17.7 Å². The molecule has 0 aliphatic carbocycles. The first kappa shape index (κ1) is 24.8. The smallest absolute Gasteiger partial charge is 0.261 e. The van der Waals surface area contributed by atoms with E-state index in [1.807, 2.05) is 6.92 Å². The van der Waals surface area contributed by atoms with Gasteiger partial charge in [-0.15, -0.1) is 0 Å². The van der Waals surface area contributed by atoms with Gasteiger partial charge in [0.2, 0.25) is 5.91 Å². The Labute approximate surface area is 196 Å². The van der Waals surface area contributed by atoms with Gasteiger partial charge in [0, 0.05) is 30.4 Å². The highest BCUT2D eigenvalue weighted by molar-refractivity contribution is 7.92. The molecule has 3 N–H and O–H groups in total. The van der Waals surface area contributed by atoms with Crippen LogP contribution in [0.2, 0.25) is 0 Å². The van der Waals surface area contributed by atoms with Gasteiger partial charge in [0.25, 0.3) is 15.9 Å². The van der Waals surface area contributed by atoms with Crippen LogP contribution in [-0.2, 0) is 14.8 Å². The van der Waals surface area contributed by atoms with E-state index < -0.39 is 27.6 Å². The predicted molar refractivity (Wildman–Crippen MR) is 125 cm³/mol. The van der Waals surface area contributed by atoms with Gasteiger partial charge in [-0.05, 0) is 61.9 Å². The summed E-state index contributed by atoms with van der Waals surface area (Å²) in [7, 11) is -3.73. The van der Waals surface area contributed by atoms with E-state index in [9.17, 15) is 26.8 Å². The minimum atomic E-state index is -3.73. The lowest BCUT2D eigenvalue weighted by Gasteiger charge is -2.10. The van der Waals surface area contributed by atoms with Crippen molar-refractivity contribution in [3.63, 3.8) is 0 Å². The molecule has 2 amide bonds. The Morgan fingerprint density at radius 2 is 1.53 bits per heavy atom. The van der Waals surface area contributed by atoms with Crippen LogP contribution in [0.5, 0.6) is 0 Å². The molecule has 0 atom stereocenters. The van der Waals surface area contributed by atoms with Crippen LogP contribution < -0.4 is 15.4 Å². The van der Waals surface area contributed by atoms with Crippen LogP contribution in [0, 0.1) is 18.6 Å². The Hall–Kier alpha value is -3.79. The van der Waals surface area contributed by atoms with Gasteiger partial charge in [0.15, 0.2) is 0 Å². The average molecular weight is 488 g/mol. The summed E-state index contributed by atoms with van der Waals surface area (Å²) >= 11 is 0. The Morgan fingerprint density at radius 3 is 2.18 bits per heavy atom. The molecular weight excluding hydrogens is 464 g/mol. The molecule has 178 valence electrons. The van der Waals surface area contributed by atoms with Crippen molar-refractivity contribution < 1.29 is 26.8 Å². The standard InChI is InChI=1S/C24H23F2N3O4S/c1-16-4-11-20(12-5-16)34(32,33)29-19-9-7-18(8-10-19)28-23(30)3-2-14-27-24(31)21-13-6-17(25)15-22(21)26/h4-13,15,29H,2-3,14H2,1H3,(H,27,31)(H,28,30). The number of halogens is 2. The molecule has 7 nitrogen and oxygen atoms in total. The number of rotatable bonds is 9. The number of aryl methyl sites for hydroxylation is 1. The fourth-order valence-corrected chi connectivity index (χ4v) is 4.05. The fraction of sp³-hybridized carbons (Fsp3) is 0.167. The summed E-state index contributed by atoms with van der Waals surface area (Å²) in [5.41, 5.74) is 1.49. The second-order valence-corrected chi connectivity index (χ2v) is 9.21. The molecule has 3 aromatic rings. The number of carbonyl (C=O) groups excluding carboxylic acids is 2. The number of nitrogens with one attached hydrogen (secondary N) is 3. The molecule has 0 saturated heterocycles. The number of hydrogen-bond donors (Lipinski definition) is 3. The van der Waals surface area contributed by atoms with Crippen LogP contribution in [0.1, 0.15) is 28.8 Å². The molecule has 34 heavy (non-hydrogen) atoms. The van der Waals surface area contributed by atoms with Crippen molar-refractivity contribution in [3.05, 3.63) is 89.5 Å². The van der Waals surface area contributed by atoms with Gasteiger partial charge in [-0.2, -0.15) is 0 Å². The molecule has 0 spiro atoms. The van der Waals surface area contributed by atoms with E-state index in [-0.39, 0.29) is 29.3 Å². The third-order valence-corrected chi connectivity index (χ3v) is 6.19. The summed E-state index contributed by atoms with van der Waals surface area (Å²) in [5, 5.41) is 5.15. The van der Waals surface area contributed by atoms with Crippen LogP contribution >= 0.6 is 0 Å². The third kappa shape index (κ3) is 6.85. The minimum Gasteiger partial charge on any atom is -0.352 e. The lowest BCUT2D eigenvalue weighted by Crippen LogP contribution is -2.26. The largest absolute Gasteiger partial charge is 0.352 e. The number of amides is 2. The van der Waals surface area contributed by atoms with Crippen molar-refractivity contribution in [2.75, 3.05) is 16.6 Å². The number of benzene rings is 3. The van der Waals surface area contributed by atoms with E-state index in [1.165, 1.54) is 24.3 Å². The molecule has 0 saturated carbocycles. The Balaban J connectivity index is 1.44. The van der Waals surface area contributed by atoms with Crippen molar-refractivity contribution in [2.24, 2.45) is 0 Å². The number of carbonyl (C=O) groups is 2. The second kappa shape index (κ2) is 10.9. The van der Waals surface area contributed by atoms with Crippen LogP contribution in [0.3, 0.4) is 0 Å². The summed E-state index contributed by atoms with van der Waals surface area (Å²) < 4.78 is 53.9. The molecule has 0 fully saturated rings. The first-order chi connectivity index (χ1) is 16.1. The highest BCUT2D eigenvalue weighted by Gasteiger charge is 2.14. The van der Waals surface area contributed by atoms with Crippen molar-refractivity contribution in [2.45, 2.75) is 24.7 Å². The van der Waals surface area contributed by atoms with Gasteiger partial charge in [0.05, 0.1) is 10.5 Å². The number of sulfonamides is 1. The van der Waals surface area contributed by atoms with Gasteiger partial charge in [-0.25, -0.2) is 17.2 Å². The molecule has 3 rings (SSSR count). The molecule has 0 heterocycles. The van der Waals surface area contributed by atoms with Gasteiger partial charge < -0.3 is 10.6 Å². The summed E-state index contributed by atoms with van der Waals surface area (Å²) in [6.45, 7) is 1.99. The van der Waals surface area contributed by atoms with E-state index in [1.54, 1.807) is 24.3 Å². The molecule has 10 heteroatoms. The monoisotopic (exact) mass is 487 g/mol. The van der Waals surface area contributed by atoms with Crippen LogP contribution in [0.4, 0.5) is 20.2 Å². The maximum absolute atomic E-state index is 13.6. The molecular formula is C24H23F2N3O4S. The first-order valence-corrected chi connectivity index (χ1v) is 11.8. The fourth-order valence-electron chi connectivity index (χ4n) is 3.00. The Kier molecular flexibility index (Phi) is 7.95. The molecule has 0 aliphatic heterocycles. The maximum Gasteiger partial charge on any atom is 0.261 e. The summed E-state index contributed by atoms with van der Waals surface area (Å²) in [4.78, 5) is 24.2. The molecule has 0 unspecified atom stereocenters. The van der Waals surface area contributed by atoms with Crippen LogP contribution in [0.15, 0.2) is 71.6 Å². The van der Waals surface area contributed by atoms with Crippen LogP contribution in [0.25, 0.3) is 0 Å². The highest BCUT2D eigenvalue weighted by atomic mass is 32.2. The predicted octanol–water partition coefficient (Wildman–Crippen LogP) is 4.22.